The van der Waals surface area contributed by atoms with E-state index in [0.717, 1.165) is 24.3 Å². The summed E-state index contributed by atoms with van der Waals surface area (Å²) >= 11 is 6.12. The van der Waals surface area contributed by atoms with Gasteiger partial charge in [0.25, 0.3) is 0 Å². The number of carbonyl (C=O) groups excluding carboxylic acids is 1. The molecule has 0 saturated heterocycles. The lowest BCUT2D eigenvalue weighted by atomic mass is 10.2. The SMILES string of the molecule is CC(C)NC(=O)N(CCN(C)C)Cc1cc(Cl)ccc1OS(=O)(=O)c1ccc(F)cc1. The van der Waals surface area contributed by atoms with Crippen LogP contribution in [-0.4, -0.2) is 57.5 Å². The number of likely N-dealkylation sites (N-methyl/N-ethyl adjacent to an activating group) is 1. The van der Waals surface area contributed by atoms with E-state index in [1.54, 1.807) is 11.0 Å². The van der Waals surface area contributed by atoms with Gasteiger partial charge in [-0.15, -0.1) is 0 Å². The summed E-state index contributed by atoms with van der Waals surface area (Å²) in [6.45, 7) is 4.80. The van der Waals surface area contributed by atoms with Gasteiger partial charge in [-0.3, -0.25) is 0 Å². The van der Waals surface area contributed by atoms with Crippen LogP contribution in [0.3, 0.4) is 0 Å². The number of amides is 2. The molecule has 2 aromatic carbocycles. The second-order valence-electron chi connectivity index (χ2n) is 7.57. The van der Waals surface area contributed by atoms with Crippen LogP contribution in [0.1, 0.15) is 19.4 Å². The highest BCUT2D eigenvalue weighted by Crippen LogP contribution is 2.27. The fourth-order valence-electron chi connectivity index (χ4n) is 2.64. The zero-order valence-electron chi connectivity index (χ0n) is 17.9. The third kappa shape index (κ3) is 7.68. The first kappa shape index (κ1) is 24.9. The van der Waals surface area contributed by atoms with E-state index in [1.807, 2.05) is 32.8 Å². The van der Waals surface area contributed by atoms with E-state index in [0.29, 0.717) is 23.7 Å². The maximum atomic E-state index is 13.2. The molecule has 0 bridgehead atoms. The molecule has 0 aromatic heterocycles. The highest BCUT2D eigenvalue weighted by molar-refractivity contribution is 7.87. The number of hydrogen-bond donors (Lipinski definition) is 1. The first-order valence-corrected chi connectivity index (χ1v) is 11.4. The monoisotopic (exact) mass is 471 g/mol. The van der Waals surface area contributed by atoms with Crippen LogP contribution >= 0.6 is 11.6 Å². The Kier molecular flexibility index (Phi) is 8.67. The van der Waals surface area contributed by atoms with Crippen molar-refractivity contribution < 1.29 is 21.8 Å². The van der Waals surface area contributed by atoms with Crippen LogP contribution in [0.2, 0.25) is 5.02 Å². The smallest absolute Gasteiger partial charge is 0.339 e. The van der Waals surface area contributed by atoms with Crippen molar-refractivity contribution in [3.05, 3.63) is 58.9 Å². The van der Waals surface area contributed by atoms with Gasteiger partial charge >= 0.3 is 16.1 Å². The molecule has 0 spiro atoms. The normalized spacial score (nSPS) is 11.6. The van der Waals surface area contributed by atoms with Crippen LogP contribution in [0.25, 0.3) is 0 Å². The molecule has 2 rings (SSSR count). The third-order valence-electron chi connectivity index (χ3n) is 4.20. The Morgan fingerprint density at radius 1 is 1.13 bits per heavy atom. The molecule has 31 heavy (non-hydrogen) atoms. The number of rotatable bonds is 9. The van der Waals surface area contributed by atoms with Crippen LogP contribution in [0.5, 0.6) is 5.75 Å². The second kappa shape index (κ2) is 10.8. The lowest BCUT2D eigenvalue weighted by Crippen LogP contribution is -2.45. The fraction of sp³-hybridized carbons (Fsp3) is 0.381. The Morgan fingerprint density at radius 2 is 1.77 bits per heavy atom. The number of nitrogens with one attached hydrogen (secondary N) is 1. The number of hydrogen-bond acceptors (Lipinski definition) is 5. The van der Waals surface area contributed by atoms with Crippen LogP contribution in [0, 0.1) is 5.82 Å². The van der Waals surface area contributed by atoms with Gasteiger partial charge in [0.05, 0.1) is 6.54 Å². The third-order valence-corrected chi connectivity index (χ3v) is 5.69. The predicted octanol–water partition coefficient (Wildman–Crippen LogP) is 3.73. The standard InChI is InChI=1S/C21H27ClFN3O4S/c1-15(2)24-21(27)26(12-11-25(3)4)14-16-13-17(22)5-10-20(16)30-31(28,29)19-8-6-18(23)7-9-19/h5-10,13,15H,11-12,14H2,1-4H3,(H,24,27). The molecule has 2 amide bonds. The maximum Gasteiger partial charge on any atom is 0.339 e. The summed E-state index contributed by atoms with van der Waals surface area (Å²) in [5.41, 5.74) is 0.427. The molecular formula is C21H27ClFN3O4S. The Hall–Kier alpha value is -2.36. The summed E-state index contributed by atoms with van der Waals surface area (Å²) in [5, 5.41) is 3.21. The molecule has 0 saturated carbocycles. The van der Waals surface area contributed by atoms with Crippen LogP contribution in [-0.2, 0) is 16.7 Å². The number of halogens is 2. The average Bonchev–Trinajstić information content (AvgIpc) is 2.66. The summed E-state index contributed by atoms with van der Waals surface area (Å²) in [5.74, 6) is -0.514. The molecule has 0 fully saturated rings. The van der Waals surface area contributed by atoms with Crippen molar-refractivity contribution >= 4 is 27.8 Å². The molecule has 10 heteroatoms. The van der Waals surface area contributed by atoms with Crippen molar-refractivity contribution in [1.82, 2.24) is 15.1 Å². The topological polar surface area (TPSA) is 79.0 Å². The zero-order chi connectivity index (χ0) is 23.2. The summed E-state index contributed by atoms with van der Waals surface area (Å²) in [7, 11) is -0.422. The molecule has 170 valence electrons. The minimum Gasteiger partial charge on any atom is -0.379 e. The summed E-state index contributed by atoms with van der Waals surface area (Å²) < 4.78 is 43.8. The number of nitrogens with zero attached hydrogens (tertiary/aromatic N) is 2. The summed E-state index contributed by atoms with van der Waals surface area (Å²) in [6.07, 6.45) is 0. The molecule has 0 heterocycles. The van der Waals surface area contributed by atoms with Gasteiger partial charge in [0.1, 0.15) is 16.5 Å². The molecule has 2 aromatic rings. The Morgan fingerprint density at radius 3 is 2.35 bits per heavy atom. The number of urea groups is 1. The van der Waals surface area contributed by atoms with Crippen LogP contribution in [0.4, 0.5) is 9.18 Å². The lowest BCUT2D eigenvalue weighted by Gasteiger charge is -2.26. The molecule has 1 N–H and O–H groups in total. The number of carbonyl (C=O) groups is 1. The maximum absolute atomic E-state index is 13.2. The van der Waals surface area contributed by atoms with Gasteiger partial charge in [0, 0.05) is 29.7 Å². The fourth-order valence-corrected chi connectivity index (χ4v) is 3.80. The predicted molar refractivity (Wildman–Crippen MR) is 118 cm³/mol. The molecule has 0 atom stereocenters. The van der Waals surface area contributed by atoms with Crippen LogP contribution < -0.4 is 9.50 Å². The highest BCUT2D eigenvalue weighted by atomic mass is 35.5. The van der Waals surface area contributed by atoms with Crippen molar-refractivity contribution in [3.63, 3.8) is 0 Å². The van der Waals surface area contributed by atoms with E-state index < -0.39 is 15.9 Å². The second-order valence-corrected chi connectivity index (χ2v) is 9.56. The van der Waals surface area contributed by atoms with E-state index in [4.69, 9.17) is 15.8 Å². The van der Waals surface area contributed by atoms with E-state index in [2.05, 4.69) is 5.32 Å². The van der Waals surface area contributed by atoms with Crippen molar-refractivity contribution in [1.29, 1.82) is 0 Å². The Balaban J connectivity index is 2.33. The van der Waals surface area contributed by atoms with Crippen molar-refractivity contribution in [3.8, 4) is 5.75 Å². The molecule has 0 radical (unpaired) electrons. The van der Waals surface area contributed by atoms with Gasteiger partial charge in [0.15, 0.2) is 0 Å². The van der Waals surface area contributed by atoms with Gasteiger partial charge < -0.3 is 19.3 Å². The molecular weight excluding hydrogens is 445 g/mol. The quantitative estimate of drug-likeness (QED) is 0.564. The first-order valence-electron chi connectivity index (χ1n) is 9.66. The number of benzene rings is 2. The minimum atomic E-state index is -4.20. The van der Waals surface area contributed by atoms with Gasteiger partial charge in [-0.1, -0.05) is 11.6 Å². The van der Waals surface area contributed by atoms with E-state index in [1.165, 1.54) is 12.1 Å². The Labute approximate surface area is 187 Å². The molecule has 0 unspecified atom stereocenters. The van der Waals surface area contributed by atoms with E-state index in [-0.39, 0.29) is 29.3 Å². The lowest BCUT2D eigenvalue weighted by molar-refractivity contribution is 0.186. The summed E-state index contributed by atoms with van der Waals surface area (Å²) in [6, 6.07) is 8.47. The van der Waals surface area contributed by atoms with E-state index in [9.17, 15) is 17.6 Å². The van der Waals surface area contributed by atoms with E-state index >= 15 is 0 Å². The summed E-state index contributed by atoms with van der Waals surface area (Å²) in [4.78, 5) is 16.0. The molecule has 7 nitrogen and oxygen atoms in total. The Bertz CT molecular complexity index is 998. The molecule has 0 aliphatic heterocycles. The van der Waals surface area contributed by atoms with Gasteiger partial charge in [0.2, 0.25) is 0 Å². The minimum absolute atomic E-state index is 0.0425. The van der Waals surface area contributed by atoms with Crippen molar-refractivity contribution in [2.45, 2.75) is 31.3 Å². The first-order chi connectivity index (χ1) is 14.5. The average molecular weight is 472 g/mol. The largest absolute Gasteiger partial charge is 0.379 e. The van der Waals surface area contributed by atoms with Crippen molar-refractivity contribution in [2.75, 3.05) is 27.2 Å². The molecule has 0 aliphatic carbocycles. The highest BCUT2D eigenvalue weighted by Gasteiger charge is 2.22. The van der Waals surface area contributed by atoms with Gasteiger partial charge in [-0.25, -0.2) is 9.18 Å². The van der Waals surface area contributed by atoms with Crippen LogP contribution in [0.15, 0.2) is 47.4 Å². The van der Waals surface area contributed by atoms with Crippen molar-refractivity contribution in [2.24, 2.45) is 0 Å². The zero-order valence-corrected chi connectivity index (χ0v) is 19.5. The molecule has 0 aliphatic rings. The van der Waals surface area contributed by atoms with Gasteiger partial charge in [-0.2, -0.15) is 8.42 Å². The van der Waals surface area contributed by atoms with Gasteiger partial charge in [-0.05, 0) is 70.4 Å².